The van der Waals surface area contributed by atoms with Gasteiger partial charge >= 0.3 is 0 Å². The van der Waals surface area contributed by atoms with Crippen molar-refractivity contribution in [3.05, 3.63) is 30.7 Å². The summed E-state index contributed by atoms with van der Waals surface area (Å²) in [7, 11) is 0. The van der Waals surface area contributed by atoms with Crippen LogP contribution in [-0.2, 0) is 0 Å². The van der Waals surface area contributed by atoms with Crippen LogP contribution < -0.4 is 0 Å². The molecule has 0 saturated carbocycles. The van der Waals surface area contributed by atoms with E-state index in [1.807, 2.05) is 0 Å². The van der Waals surface area contributed by atoms with E-state index in [9.17, 15) is 0 Å². The summed E-state index contributed by atoms with van der Waals surface area (Å²) in [5, 5.41) is 0. The molecule has 0 nitrogen and oxygen atoms in total. The summed E-state index contributed by atoms with van der Waals surface area (Å²) in [5.41, 5.74) is 1.51. The highest BCUT2D eigenvalue weighted by atomic mass is 14.2. The van der Waals surface area contributed by atoms with E-state index in [4.69, 9.17) is 0 Å². The largest absolute Gasteiger partial charge is 0.0808 e. The SMILES string of the molecule is [CH2]C1(C)C=CC(C)=CC1. The molecule has 0 fully saturated rings. The zero-order chi connectivity index (χ0) is 6.91. The van der Waals surface area contributed by atoms with Gasteiger partial charge in [0.15, 0.2) is 0 Å². The summed E-state index contributed by atoms with van der Waals surface area (Å²) in [6.45, 7) is 8.29. The first-order chi connectivity index (χ1) is 4.10. The van der Waals surface area contributed by atoms with E-state index in [0.29, 0.717) is 0 Å². The van der Waals surface area contributed by atoms with Crippen LogP contribution in [-0.4, -0.2) is 0 Å². The second kappa shape index (κ2) is 2.02. The minimum Gasteiger partial charge on any atom is -0.0808 e. The predicted octanol–water partition coefficient (Wildman–Crippen LogP) is 2.73. The lowest BCUT2D eigenvalue weighted by Crippen LogP contribution is -2.08. The van der Waals surface area contributed by atoms with Crippen molar-refractivity contribution in [2.75, 3.05) is 0 Å². The standard InChI is InChI=1S/C9H13/c1-8-4-6-9(2,3)7-5-8/h4-6H,2,7H2,1,3H3. The van der Waals surface area contributed by atoms with Gasteiger partial charge in [0.2, 0.25) is 0 Å². The van der Waals surface area contributed by atoms with Gasteiger partial charge in [-0.2, -0.15) is 0 Å². The highest BCUT2D eigenvalue weighted by Gasteiger charge is 2.13. The lowest BCUT2D eigenvalue weighted by Gasteiger charge is -2.21. The molecule has 0 saturated heterocycles. The van der Waals surface area contributed by atoms with Crippen molar-refractivity contribution >= 4 is 0 Å². The lowest BCUT2D eigenvalue weighted by molar-refractivity contribution is 0.548. The molecule has 0 bridgehead atoms. The van der Waals surface area contributed by atoms with Gasteiger partial charge in [0.1, 0.15) is 0 Å². The van der Waals surface area contributed by atoms with Crippen molar-refractivity contribution in [2.24, 2.45) is 5.41 Å². The fourth-order valence-electron chi connectivity index (χ4n) is 0.863. The molecule has 1 radical (unpaired) electrons. The summed E-state index contributed by atoms with van der Waals surface area (Å²) in [6, 6.07) is 0. The number of hydrogen-bond acceptors (Lipinski definition) is 0. The van der Waals surface area contributed by atoms with Gasteiger partial charge in [-0.25, -0.2) is 0 Å². The highest BCUT2D eigenvalue weighted by molar-refractivity contribution is 5.24. The van der Waals surface area contributed by atoms with Crippen LogP contribution in [0.4, 0.5) is 0 Å². The van der Waals surface area contributed by atoms with Gasteiger partial charge in [0.05, 0.1) is 0 Å². The van der Waals surface area contributed by atoms with Crippen molar-refractivity contribution < 1.29 is 0 Å². The molecule has 0 amide bonds. The topological polar surface area (TPSA) is 0 Å². The second-order valence-electron chi connectivity index (χ2n) is 3.14. The van der Waals surface area contributed by atoms with Gasteiger partial charge in [-0.3, -0.25) is 0 Å². The first-order valence-corrected chi connectivity index (χ1v) is 3.31. The van der Waals surface area contributed by atoms with Crippen LogP contribution in [0.3, 0.4) is 0 Å². The summed E-state index contributed by atoms with van der Waals surface area (Å²) in [4.78, 5) is 0. The Morgan fingerprint density at radius 1 is 1.67 bits per heavy atom. The number of allylic oxidation sites excluding steroid dienone is 4. The van der Waals surface area contributed by atoms with Crippen molar-refractivity contribution in [1.82, 2.24) is 0 Å². The molecule has 0 aromatic carbocycles. The van der Waals surface area contributed by atoms with Crippen LogP contribution in [0.2, 0.25) is 0 Å². The van der Waals surface area contributed by atoms with Crippen LogP contribution in [0.1, 0.15) is 20.3 Å². The van der Waals surface area contributed by atoms with Crippen LogP contribution in [0.25, 0.3) is 0 Å². The van der Waals surface area contributed by atoms with E-state index >= 15 is 0 Å². The Bertz CT molecular complexity index is 159. The molecule has 0 spiro atoms. The highest BCUT2D eigenvalue weighted by Crippen LogP contribution is 2.27. The smallest absolute Gasteiger partial charge is 0.0108 e. The van der Waals surface area contributed by atoms with Crippen LogP contribution in [0, 0.1) is 12.3 Å². The maximum Gasteiger partial charge on any atom is -0.0108 e. The Labute approximate surface area is 57.3 Å². The molecule has 0 aromatic rings. The summed E-state index contributed by atoms with van der Waals surface area (Å²) >= 11 is 0. The Balaban J connectivity index is 2.70. The molecule has 1 unspecified atom stereocenters. The molecule has 0 heterocycles. The summed E-state index contributed by atoms with van der Waals surface area (Å²) in [5.74, 6) is 0. The third-order valence-corrected chi connectivity index (χ3v) is 1.64. The fourth-order valence-corrected chi connectivity index (χ4v) is 0.863. The Morgan fingerprint density at radius 3 is 2.67 bits per heavy atom. The van der Waals surface area contributed by atoms with Crippen molar-refractivity contribution in [3.8, 4) is 0 Å². The maximum atomic E-state index is 4.03. The molecular formula is C9H13. The Kier molecular flexibility index (Phi) is 1.48. The Hall–Kier alpha value is -0.520. The van der Waals surface area contributed by atoms with Crippen LogP contribution in [0.5, 0.6) is 0 Å². The van der Waals surface area contributed by atoms with Gasteiger partial charge in [-0.05, 0) is 25.7 Å². The van der Waals surface area contributed by atoms with Crippen molar-refractivity contribution in [1.29, 1.82) is 0 Å². The fraction of sp³-hybridized carbons (Fsp3) is 0.444. The predicted molar refractivity (Wildman–Crippen MR) is 41.0 cm³/mol. The van der Waals surface area contributed by atoms with Crippen LogP contribution in [0.15, 0.2) is 23.8 Å². The average molecular weight is 121 g/mol. The maximum absolute atomic E-state index is 4.03. The molecule has 0 aromatic heterocycles. The average Bonchev–Trinajstić information content (AvgIpc) is 1.78. The molecule has 1 rings (SSSR count). The molecule has 49 valence electrons. The molecule has 0 N–H and O–H groups in total. The molecule has 1 atom stereocenters. The van der Waals surface area contributed by atoms with Gasteiger partial charge in [0.25, 0.3) is 0 Å². The molecule has 0 aliphatic heterocycles. The van der Waals surface area contributed by atoms with Crippen molar-refractivity contribution in [2.45, 2.75) is 20.3 Å². The minimum atomic E-state index is 0.152. The molecule has 9 heavy (non-hydrogen) atoms. The molecule has 1 aliphatic rings. The number of rotatable bonds is 0. The van der Waals surface area contributed by atoms with Gasteiger partial charge in [-0.1, -0.05) is 30.7 Å². The first-order valence-electron chi connectivity index (χ1n) is 3.31. The lowest BCUT2D eigenvalue weighted by atomic mass is 9.84. The number of hydrogen-bond donors (Lipinski definition) is 0. The van der Waals surface area contributed by atoms with Crippen LogP contribution >= 0.6 is 0 Å². The molecular weight excluding hydrogens is 108 g/mol. The van der Waals surface area contributed by atoms with Gasteiger partial charge < -0.3 is 0 Å². The molecule has 1 aliphatic carbocycles. The quantitative estimate of drug-likeness (QED) is 0.462. The third kappa shape index (κ3) is 1.70. The van der Waals surface area contributed by atoms with E-state index < -0.39 is 0 Å². The summed E-state index contributed by atoms with van der Waals surface area (Å²) in [6.07, 6.45) is 7.61. The van der Waals surface area contributed by atoms with Crippen molar-refractivity contribution in [3.63, 3.8) is 0 Å². The second-order valence-corrected chi connectivity index (χ2v) is 3.14. The zero-order valence-electron chi connectivity index (χ0n) is 6.15. The van der Waals surface area contributed by atoms with E-state index in [0.717, 1.165) is 6.42 Å². The van der Waals surface area contributed by atoms with E-state index in [1.54, 1.807) is 0 Å². The van der Waals surface area contributed by atoms with Gasteiger partial charge in [0, 0.05) is 0 Å². The zero-order valence-corrected chi connectivity index (χ0v) is 6.15. The third-order valence-electron chi connectivity index (χ3n) is 1.64. The normalized spacial score (nSPS) is 23.7. The van der Waals surface area contributed by atoms with E-state index in [-0.39, 0.29) is 5.41 Å². The Morgan fingerprint density at radius 2 is 2.33 bits per heavy atom. The monoisotopic (exact) mass is 121 g/mol. The van der Waals surface area contributed by atoms with E-state index in [1.165, 1.54) is 5.57 Å². The minimum absolute atomic E-state index is 0.152. The first kappa shape index (κ1) is 6.60. The van der Waals surface area contributed by atoms with Gasteiger partial charge in [-0.15, -0.1) is 0 Å². The van der Waals surface area contributed by atoms with E-state index in [2.05, 4.69) is 39.0 Å². The summed E-state index contributed by atoms with van der Waals surface area (Å²) < 4.78 is 0. The molecule has 0 heteroatoms.